The van der Waals surface area contributed by atoms with Gasteiger partial charge in [-0.25, -0.2) is 0 Å². The highest BCUT2D eigenvalue weighted by molar-refractivity contribution is 6.05. The Bertz CT molecular complexity index is 2900. The highest BCUT2D eigenvalue weighted by atomic mass is 16.5. The molecule has 1 aliphatic heterocycles. The molecule has 1 spiro atoms. The van der Waals surface area contributed by atoms with E-state index in [9.17, 15) is 0 Å². The average molecular weight is 702 g/mol. The number of nitrogens with zero attached hydrogens (tertiary/aromatic N) is 1. The van der Waals surface area contributed by atoms with Crippen LogP contribution in [0.2, 0.25) is 0 Å². The van der Waals surface area contributed by atoms with Gasteiger partial charge in [-0.1, -0.05) is 182 Å². The van der Waals surface area contributed by atoms with Crippen LogP contribution in [0.5, 0.6) is 11.5 Å². The van der Waals surface area contributed by atoms with Gasteiger partial charge in [0.1, 0.15) is 5.75 Å². The molecule has 9 aromatic rings. The second kappa shape index (κ2) is 12.5. The van der Waals surface area contributed by atoms with Crippen LogP contribution in [0, 0.1) is 0 Å². The minimum Gasteiger partial charge on any atom is -0.454 e. The second-order valence-corrected chi connectivity index (χ2v) is 14.4. The van der Waals surface area contributed by atoms with Crippen molar-refractivity contribution >= 4 is 27.8 Å². The Kier molecular flexibility index (Phi) is 7.11. The predicted octanol–water partition coefficient (Wildman–Crippen LogP) is 14.1. The minimum absolute atomic E-state index is 0.599. The third kappa shape index (κ3) is 4.68. The number of ether oxygens (including phenoxy) is 1. The van der Waals surface area contributed by atoms with Crippen molar-refractivity contribution in [1.29, 1.82) is 0 Å². The van der Waals surface area contributed by atoms with Gasteiger partial charge in [-0.15, -0.1) is 0 Å². The summed E-state index contributed by atoms with van der Waals surface area (Å²) in [6.07, 6.45) is 0. The molecule has 0 saturated heterocycles. The zero-order valence-corrected chi connectivity index (χ0v) is 30.1. The Morgan fingerprint density at radius 1 is 0.364 bits per heavy atom. The fraction of sp³-hybridized carbons (Fsp3) is 0.0189. The minimum atomic E-state index is -0.599. The predicted molar refractivity (Wildman–Crippen MR) is 227 cm³/mol. The summed E-state index contributed by atoms with van der Waals surface area (Å²) < 4.78 is 7.23. The summed E-state index contributed by atoms with van der Waals surface area (Å²) in [5.41, 5.74) is 14.6. The Balaban J connectivity index is 1.21. The lowest BCUT2D eigenvalue weighted by molar-refractivity contribution is 0.437. The lowest BCUT2D eigenvalue weighted by atomic mass is 9.66. The monoisotopic (exact) mass is 701 g/mol. The molecule has 11 rings (SSSR count). The maximum atomic E-state index is 7.23. The highest BCUT2D eigenvalue weighted by Crippen LogP contribution is 2.64. The van der Waals surface area contributed by atoms with Crippen LogP contribution >= 0.6 is 0 Å². The molecular weight excluding hydrogens is 667 g/mol. The molecule has 0 saturated carbocycles. The lowest BCUT2D eigenvalue weighted by Gasteiger charge is -2.41. The van der Waals surface area contributed by atoms with E-state index in [0.717, 1.165) is 50.8 Å². The van der Waals surface area contributed by atoms with Gasteiger partial charge in [0.25, 0.3) is 0 Å². The SMILES string of the molecule is c1ccc(-c2ccc(N(c3ccccc3-c3ccccc3)c3cccc4c3Oc3ccccc3C43c4ccccc4-c4c3ccc3ccccc43)cc2)cc1. The molecule has 0 N–H and O–H groups in total. The Morgan fingerprint density at radius 3 is 1.78 bits per heavy atom. The zero-order chi connectivity index (χ0) is 36.3. The summed E-state index contributed by atoms with van der Waals surface area (Å²) in [6.45, 7) is 0. The summed E-state index contributed by atoms with van der Waals surface area (Å²) in [5, 5.41) is 2.51. The molecule has 1 unspecified atom stereocenters. The summed E-state index contributed by atoms with van der Waals surface area (Å²) in [4.78, 5) is 2.39. The smallest absolute Gasteiger partial charge is 0.156 e. The van der Waals surface area contributed by atoms with Crippen LogP contribution in [-0.4, -0.2) is 0 Å². The fourth-order valence-corrected chi connectivity index (χ4v) is 9.22. The molecule has 0 bridgehead atoms. The Hall–Kier alpha value is -7.16. The van der Waals surface area contributed by atoms with Gasteiger partial charge in [-0.2, -0.15) is 0 Å². The van der Waals surface area contributed by atoms with E-state index in [1.807, 2.05) is 0 Å². The number of fused-ring (bicyclic) bond motifs is 11. The fourth-order valence-electron chi connectivity index (χ4n) is 9.22. The van der Waals surface area contributed by atoms with Gasteiger partial charge in [0.2, 0.25) is 0 Å². The van der Waals surface area contributed by atoms with E-state index in [0.29, 0.717) is 0 Å². The van der Waals surface area contributed by atoms with E-state index >= 15 is 0 Å². The normalized spacial score (nSPS) is 14.8. The number of benzene rings is 9. The molecule has 1 atom stereocenters. The lowest BCUT2D eigenvalue weighted by Crippen LogP contribution is -2.32. The number of hydrogen-bond donors (Lipinski definition) is 0. The van der Waals surface area contributed by atoms with Crippen molar-refractivity contribution in [1.82, 2.24) is 0 Å². The number of hydrogen-bond acceptors (Lipinski definition) is 2. The summed E-state index contributed by atoms with van der Waals surface area (Å²) in [7, 11) is 0. The molecule has 55 heavy (non-hydrogen) atoms. The quantitative estimate of drug-likeness (QED) is 0.177. The molecule has 1 aliphatic carbocycles. The van der Waals surface area contributed by atoms with E-state index in [2.05, 4.69) is 217 Å². The van der Waals surface area contributed by atoms with Gasteiger partial charge < -0.3 is 9.64 Å². The molecule has 2 aliphatic rings. The van der Waals surface area contributed by atoms with Crippen molar-refractivity contribution in [2.45, 2.75) is 5.41 Å². The zero-order valence-electron chi connectivity index (χ0n) is 30.1. The molecule has 2 nitrogen and oxygen atoms in total. The van der Waals surface area contributed by atoms with Crippen molar-refractivity contribution in [2.75, 3.05) is 4.90 Å². The second-order valence-electron chi connectivity index (χ2n) is 14.4. The first-order valence-electron chi connectivity index (χ1n) is 18.9. The summed E-state index contributed by atoms with van der Waals surface area (Å²) in [5.74, 6) is 1.72. The van der Waals surface area contributed by atoms with Crippen molar-refractivity contribution in [2.24, 2.45) is 0 Å². The topological polar surface area (TPSA) is 12.5 Å². The molecule has 2 heteroatoms. The van der Waals surface area contributed by atoms with Crippen molar-refractivity contribution in [3.63, 3.8) is 0 Å². The first-order valence-corrected chi connectivity index (χ1v) is 18.9. The molecular formula is C53H35NO. The largest absolute Gasteiger partial charge is 0.454 e. The van der Waals surface area contributed by atoms with Gasteiger partial charge in [-0.3, -0.25) is 0 Å². The maximum absolute atomic E-state index is 7.23. The van der Waals surface area contributed by atoms with Gasteiger partial charge in [0.15, 0.2) is 5.75 Å². The van der Waals surface area contributed by atoms with Crippen molar-refractivity contribution in [3.05, 3.63) is 235 Å². The van der Waals surface area contributed by atoms with E-state index in [1.54, 1.807) is 0 Å². The molecule has 0 aromatic heterocycles. The molecule has 0 amide bonds. The summed E-state index contributed by atoms with van der Waals surface area (Å²) in [6, 6.07) is 76.7. The van der Waals surface area contributed by atoms with Crippen LogP contribution in [0.4, 0.5) is 17.1 Å². The Morgan fingerprint density at radius 2 is 0.964 bits per heavy atom. The maximum Gasteiger partial charge on any atom is 0.156 e. The number of para-hydroxylation sites is 3. The van der Waals surface area contributed by atoms with E-state index in [-0.39, 0.29) is 0 Å². The van der Waals surface area contributed by atoms with E-state index < -0.39 is 5.41 Å². The molecule has 0 fully saturated rings. The van der Waals surface area contributed by atoms with E-state index in [1.165, 1.54) is 44.2 Å². The number of rotatable bonds is 5. The van der Waals surface area contributed by atoms with Crippen molar-refractivity contribution in [3.8, 4) is 44.9 Å². The van der Waals surface area contributed by atoms with Gasteiger partial charge in [-0.05, 0) is 80.0 Å². The first kappa shape index (κ1) is 31.4. The molecule has 0 radical (unpaired) electrons. The average Bonchev–Trinajstić information content (AvgIpc) is 3.56. The van der Waals surface area contributed by atoms with Crippen LogP contribution < -0.4 is 9.64 Å². The summed E-state index contributed by atoms with van der Waals surface area (Å²) >= 11 is 0. The van der Waals surface area contributed by atoms with Crippen LogP contribution in [0.3, 0.4) is 0 Å². The van der Waals surface area contributed by atoms with Gasteiger partial charge in [0.05, 0.1) is 16.8 Å². The number of anilines is 3. The molecule has 1 heterocycles. The highest BCUT2D eigenvalue weighted by Gasteiger charge is 2.52. The molecule has 258 valence electrons. The third-order valence-corrected chi connectivity index (χ3v) is 11.5. The van der Waals surface area contributed by atoms with Gasteiger partial charge >= 0.3 is 0 Å². The van der Waals surface area contributed by atoms with Crippen LogP contribution in [-0.2, 0) is 5.41 Å². The first-order chi connectivity index (χ1) is 27.3. The third-order valence-electron chi connectivity index (χ3n) is 11.5. The van der Waals surface area contributed by atoms with E-state index in [4.69, 9.17) is 4.74 Å². The Labute approximate surface area is 321 Å². The van der Waals surface area contributed by atoms with Crippen LogP contribution in [0.1, 0.15) is 22.3 Å². The van der Waals surface area contributed by atoms with Crippen LogP contribution in [0.15, 0.2) is 212 Å². The van der Waals surface area contributed by atoms with Crippen LogP contribution in [0.25, 0.3) is 44.2 Å². The molecule has 9 aromatic carbocycles. The standard InChI is InChI=1S/C53H35NO/c1-3-16-36(17-4-1)37-30-33-40(34-31-37)54(48-27-13-10-21-41(48)38-18-5-2-6-19-38)49-28-15-26-47-52(49)55-50-29-14-12-25-45(50)53(47)44-24-11-9-23-43(44)51-42-22-8-7-20-39(42)32-35-46(51)53/h1-35H. The van der Waals surface area contributed by atoms with Crippen molar-refractivity contribution < 1.29 is 4.74 Å². The van der Waals surface area contributed by atoms with Gasteiger partial charge in [0, 0.05) is 22.4 Å².